The van der Waals surface area contributed by atoms with Crippen LogP contribution in [0, 0.1) is 5.92 Å². The van der Waals surface area contributed by atoms with Gasteiger partial charge in [-0.05, 0) is 38.0 Å². The molecule has 3 aliphatic heterocycles. The quantitative estimate of drug-likeness (QED) is 0.615. The Bertz CT molecular complexity index is 183. The zero-order valence-corrected chi connectivity index (χ0v) is 8.24. The van der Waals surface area contributed by atoms with E-state index in [0.29, 0.717) is 6.10 Å². The van der Waals surface area contributed by atoms with Gasteiger partial charge < -0.3 is 9.64 Å². The SMILES string of the molecule is C1CC2CCC1CN2CCC1CO1. The number of rotatable bonds is 3. The summed E-state index contributed by atoms with van der Waals surface area (Å²) < 4.78 is 5.25. The number of hydrogen-bond donors (Lipinski definition) is 0. The first kappa shape index (κ1) is 8.25. The molecular weight excluding hydrogens is 162 g/mol. The molecule has 2 bridgehead atoms. The predicted molar refractivity (Wildman–Crippen MR) is 51.7 cm³/mol. The molecule has 4 rings (SSSR count). The summed E-state index contributed by atoms with van der Waals surface area (Å²) in [4.78, 5) is 2.72. The van der Waals surface area contributed by atoms with E-state index < -0.39 is 0 Å². The molecule has 0 aromatic rings. The smallest absolute Gasteiger partial charge is 0.0822 e. The van der Waals surface area contributed by atoms with Crippen LogP contribution in [0.4, 0.5) is 0 Å². The number of ether oxygens (including phenoxy) is 1. The zero-order valence-electron chi connectivity index (χ0n) is 8.24. The van der Waals surface area contributed by atoms with Gasteiger partial charge in [-0.15, -0.1) is 0 Å². The van der Waals surface area contributed by atoms with Gasteiger partial charge in [0.1, 0.15) is 0 Å². The van der Waals surface area contributed by atoms with Gasteiger partial charge >= 0.3 is 0 Å². The molecule has 1 unspecified atom stereocenters. The highest BCUT2D eigenvalue weighted by Crippen LogP contribution is 2.35. The molecular formula is C11H19NO. The number of hydrogen-bond acceptors (Lipinski definition) is 2. The number of nitrogens with zero attached hydrogens (tertiary/aromatic N) is 1. The Balaban J connectivity index is 1.52. The molecule has 4 aliphatic rings. The minimum Gasteiger partial charge on any atom is -0.373 e. The van der Waals surface area contributed by atoms with Gasteiger partial charge in [0, 0.05) is 19.1 Å². The van der Waals surface area contributed by atoms with Crippen molar-refractivity contribution in [3.8, 4) is 0 Å². The second-order valence-electron chi connectivity index (χ2n) is 4.91. The van der Waals surface area contributed by atoms with E-state index in [-0.39, 0.29) is 0 Å². The Kier molecular flexibility index (Phi) is 2.06. The van der Waals surface area contributed by atoms with Crippen molar-refractivity contribution in [1.29, 1.82) is 0 Å². The van der Waals surface area contributed by atoms with E-state index in [4.69, 9.17) is 4.74 Å². The number of piperidine rings is 2. The molecule has 3 heterocycles. The van der Waals surface area contributed by atoms with E-state index in [1.807, 2.05) is 0 Å². The first-order chi connectivity index (χ1) is 6.42. The summed E-state index contributed by atoms with van der Waals surface area (Å²) in [6.07, 6.45) is 7.85. The van der Waals surface area contributed by atoms with Crippen molar-refractivity contribution in [1.82, 2.24) is 4.90 Å². The van der Waals surface area contributed by atoms with Crippen LogP contribution in [0.2, 0.25) is 0 Å². The molecule has 4 fully saturated rings. The molecule has 74 valence electrons. The summed E-state index contributed by atoms with van der Waals surface area (Å²) in [5.74, 6) is 1.03. The predicted octanol–water partition coefficient (Wildman–Crippen LogP) is 1.65. The topological polar surface area (TPSA) is 15.8 Å². The lowest BCUT2D eigenvalue weighted by atomic mass is 9.80. The van der Waals surface area contributed by atoms with Crippen molar-refractivity contribution in [2.75, 3.05) is 19.7 Å². The van der Waals surface area contributed by atoms with Crippen LogP contribution in [0.15, 0.2) is 0 Å². The maximum absolute atomic E-state index is 5.25. The van der Waals surface area contributed by atoms with E-state index in [1.54, 1.807) is 0 Å². The van der Waals surface area contributed by atoms with Crippen LogP contribution in [0.1, 0.15) is 32.1 Å². The monoisotopic (exact) mass is 181 g/mol. The lowest BCUT2D eigenvalue weighted by Crippen LogP contribution is -2.48. The lowest BCUT2D eigenvalue weighted by Gasteiger charge is -2.45. The average molecular weight is 181 g/mol. The van der Waals surface area contributed by atoms with Crippen LogP contribution in [0.3, 0.4) is 0 Å². The summed E-state index contributed by atoms with van der Waals surface area (Å²) in [6.45, 7) is 3.71. The van der Waals surface area contributed by atoms with Gasteiger partial charge in [0.2, 0.25) is 0 Å². The molecule has 13 heavy (non-hydrogen) atoms. The van der Waals surface area contributed by atoms with E-state index in [1.165, 1.54) is 45.2 Å². The van der Waals surface area contributed by atoms with E-state index in [2.05, 4.69) is 4.90 Å². The molecule has 0 aromatic carbocycles. The summed E-state index contributed by atoms with van der Waals surface area (Å²) >= 11 is 0. The molecule has 0 spiro atoms. The van der Waals surface area contributed by atoms with Crippen LogP contribution in [0.25, 0.3) is 0 Å². The first-order valence-electron chi connectivity index (χ1n) is 5.77. The third kappa shape index (κ3) is 1.75. The van der Waals surface area contributed by atoms with Crippen LogP contribution in [-0.4, -0.2) is 36.7 Å². The van der Waals surface area contributed by atoms with Gasteiger partial charge in [-0.1, -0.05) is 0 Å². The number of fused-ring (bicyclic) bond motifs is 3. The molecule has 3 saturated heterocycles. The Labute approximate surface area is 80.2 Å². The Hall–Kier alpha value is -0.0800. The molecule has 2 heteroatoms. The molecule has 1 atom stereocenters. The van der Waals surface area contributed by atoms with Gasteiger partial charge in [0.05, 0.1) is 12.7 Å². The van der Waals surface area contributed by atoms with Gasteiger partial charge in [-0.3, -0.25) is 0 Å². The van der Waals surface area contributed by atoms with Crippen molar-refractivity contribution < 1.29 is 4.74 Å². The zero-order chi connectivity index (χ0) is 8.67. The summed E-state index contributed by atoms with van der Waals surface area (Å²) in [7, 11) is 0. The highest BCUT2D eigenvalue weighted by molar-refractivity contribution is 4.88. The first-order valence-corrected chi connectivity index (χ1v) is 5.77. The van der Waals surface area contributed by atoms with Gasteiger partial charge in [-0.2, -0.15) is 0 Å². The summed E-state index contributed by atoms with van der Waals surface area (Å²) in [5, 5.41) is 0. The van der Waals surface area contributed by atoms with Crippen molar-refractivity contribution in [3.63, 3.8) is 0 Å². The second kappa shape index (κ2) is 3.25. The van der Waals surface area contributed by atoms with Crippen LogP contribution in [-0.2, 0) is 4.74 Å². The molecule has 1 aliphatic carbocycles. The lowest BCUT2D eigenvalue weighted by molar-refractivity contribution is 0.0466. The molecule has 0 amide bonds. The highest BCUT2D eigenvalue weighted by Gasteiger charge is 2.34. The minimum absolute atomic E-state index is 0.625. The third-order valence-electron chi connectivity index (χ3n) is 3.97. The fraction of sp³-hybridized carbons (Fsp3) is 1.00. The van der Waals surface area contributed by atoms with Crippen LogP contribution in [0.5, 0.6) is 0 Å². The fourth-order valence-electron chi connectivity index (χ4n) is 2.99. The molecule has 0 N–H and O–H groups in total. The maximum atomic E-state index is 5.25. The van der Waals surface area contributed by atoms with Crippen molar-refractivity contribution in [3.05, 3.63) is 0 Å². The standard InChI is InChI=1S/C11H19NO/c1-3-10-4-2-9(1)7-12(10)6-5-11-8-13-11/h9-11H,1-8H2. The van der Waals surface area contributed by atoms with Crippen LogP contribution >= 0.6 is 0 Å². The van der Waals surface area contributed by atoms with Gasteiger partial charge in [-0.25, -0.2) is 0 Å². The molecule has 0 aromatic heterocycles. The van der Waals surface area contributed by atoms with Crippen LogP contribution < -0.4 is 0 Å². The Morgan fingerprint density at radius 2 is 1.92 bits per heavy atom. The van der Waals surface area contributed by atoms with Crippen molar-refractivity contribution >= 4 is 0 Å². The largest absolute Gasteiger partial charge is 0.373 e. The normalized spacial score (nSPS) is 43.8. The molecule has 0 radical (unpaired) electrons. The second-order valence-corrected chi connectivity index (χ2v) is 4.91. The third-order valence-corrected chi connectivity index (χ3v) is 3.97. The van der Waals surface area contributed by atoms with E-state index >= 15 is 0 Å². The Morgan fingerprint density at radius 3 is 2.46 bits per heavy atom. The van der Waals surface area contributed by atoms with Crippen molar-refractivity contribution in [2.24, 2.45) is 5.92 Å². The molecule has 1 saturated carbocycles. The maximum Gasteiger partial charge on any atom is 0.0822 e. The summed E-state index contributed by atoms with van der Waals surface area (Å²) in [5.41, 5.74) is 0. The van der Waals surface area contributed by atoms with Gasteiger partial charge in [0.25, 0.3) is 0 Å². The van der Waals surface area contributed by atoms with Crippen molar-refractivity contribution in [2.45, 2.75) is 44.2 Å². The van der Waals surface area contributed by atoms with E-state index in [0.717, 1.165) is 18.6 Å². The average Bonchev–Trinajstić information content (AvgIpc) is 3.00. The fourth-order valence-corrected chi connectivity index (χ4v) is 2.99. The Morgan fingerprint density at radius 1 is 1.15 bits per heavy atom. The number of epoxide rings is 1. The highest BCUT2D eigenvalue weighted by atomic mass is 16.6. The minimum atomic E-state index is 0.625. The molecule has 2 nitrogen and oxygen atoms in total. The van der Waals surface area contributed by atoms with E-state index in [9.17, 15) is 0 Å². The summed E-state index contributed by atoms with van der Waals surface area (Å²) in [6, 6.07) is 0.934. The van der Waals surface area contributed by atoms with Gasteiger partial charge in [0.15, 0.2) is 0 Å².